The highest BCUT2D eigenvalue weighted by molar-refractivity contribution is 5.96. The molecule has 0 bridgehead atoms. The number of hydrogen-bond donors (Lipinski definition) is 1. The van der Waals surface area contributed by atoms with Crippen molar-refractivity contribution in [2.24, 2.45) is 17.3 Å². The van der Waals surface area contributed by atoms with Crippen molar-refractivity contribution in [3.8, 4) is 11.3 Å². The number of fused-ring (bicyclic) bond motifs is 1. The molecule has 4 rings (SSSR count). The second kappa shape index (κ2) is 6.36. The number of rotatable bonds is 3. The molecule has 0 aliphatic carbocycles. The fraction of sp³-hybridized carbons (Fsp3) is 0.105. The second-order valence-electron chi connectivity index (χ2n) is 6.09. The summed E-state index contributed by atoms with van der Waals surface area (Å²) in [4.78, 5) is 8.62. The van der Waals surface area contributed by atoms with Crippen LogP contribution in [0.2, 0.25) is 0 Å². The van der Waals surface area contributed by atoms with Crippen molar-refractivity contribution in [3.05, 3.63) is 60.7 Å². The molecule has 2 N–H and O–H groups in total. The number of benzene rings is 1. The van der Waals surface area contributed by atoms with E-state index < -0.39 is 0 Å². The lowest BCUT2D eigenvalue weighted by Gasteiger charge is -2.05. The van der Waals surface area contributed by atoms with Crippen molar-refractivity contribution in [1.82, 2.24) is 19.7 Å². The molecule has 0 radical (unpaired) electrons. The Morgan fingerprint density at radius 1 is 1.00 bits per heavy atom. The first-order valence-electron chi connectivity index (χ1n) is 8.12. The Balaban J connectivity index is 1.67. The average Bonchev–Trinajstić information content (AvgIpc) is 3.08. The molecular weight excluding hydrogens is 326 g/mol. The molecule has 128 valence electrons. The number of aromatic nitrogens is 4. The normalized spacial score (nSPS) is 11.5. The summed E-state index contributed by atoms with van der Waals surface area (Å²) in [7, 11) is 1.87. The van der Waals surface area contributed by atoms with Gasteiger partial charge in [0.25, 0.3) is 0 Å². The van der Waals surface area contributed by atoms with Crippen molar-refractivity contribution >= 4 is 28.0 Å². The highest BCUT2D eigenvalue weighted by Gasteiger charge is 2.07. The molecule has 0 aliphatic heterocycles. The third-order valence-corrected chi connectivity index (χ3v) is 4.06. The lowest BCUT2D eigenvalue weighted by atomic mass is 10.1. The van der Waals surface area contributed by atoms with Crippen LogP contribution >= 0.6 is 0 Å². The molecule has 0 saturated carbocycles. The van der Waals surface area contributed by atoms with Crippen LogP contribution in [0.5, 0.6) is 0 Å². The van der Waals surface area contributed by atoms with Crippen LogP contribution in [0.1, 0.15) is 5.56 Å². The third-order valence-electron chi connectivity index (χ3n) is 4.06. The first kappa shape index (κ1) is 15.9. The fourth-order valence-corrected chi connectivity index (χ4v) is 2.71. The second-order valence-corrected chi connectivity index (χ2v) is 6.09. The quantitative estimate of drug-likeness (QED) is 0.560. The Morgan fingerprint density at radius 2 is 1.88 bits per heavy atom. The van der Waals surface area contributed by atoms with Crippen molar-refractivity contribution in [3.63, 3.8) is 0 Å². The maximum Gasteiger partial charge on any atom is 0.151 e. The van der Waals surface area contributed by atoms with Crippen LogP contribution in [-0.2, 0) is 7.05 Å². The smallest absolute Gasteiger partial charge is 0.151 e. The summed E-state index contributed by atoms with van der Waals surface area (Å²) in [5, 5.41) is 14.7. The van der Waals surface area contributed by atoms with Gasteiger partial charge in [-0.15, -0.1) is 10.2 Å². The van der Waals surface area contributed by atoms with Gasteiger partial charge in [-0.25, -0.2) is 4.98 Å². The molecule has 0 amide bonds. The van der Waals surface area contributed by atoms with Gasteiger partial charge in [0.15, 0.2) is 5.82 Å². The van der Waals surface area contributed by atoms with Gasteiger partial charge in [0, 0.05) is 35.8 Å². The topological polar surface area (TPSA) is 94.3 Å². The van der Waals surface area contributed by atoms with Crippen molar-refractivity contribution in [2.45, 2.75) is 6.92 Å². The van der Waals surface area contributed by atoms with Crippen LogP contribution in [-0.4, -0.2) is 19.7 Å². The Hall–Kier alpha value is -3.61. The SMILES string of the molecule is Cc1ccc2cnc(N)c(N=Nc3ccc(-c4cnn(C)c4)nc3)c2c1. The predicted molar refractivity (Wildman–Crippen MR) is 102 cm³/mol. The summed E-state index contributed by atoms with van der Waals surface area (Å²) in [6, 6.07) is 9.81. The Kier molecular flexibility index (Phi) is 3.89. The number of nitrogens with zero attached hydrogens (tertiary/aromatic N) is 6. The minimum atomic E-state index is 0.354. The number of nitrogens with two attached hydrogens (primary N) is 1. The Morgan fingerprint density at radius 3 is 2.62 bits per heavy atom. The van der Waals surface area contributed by atoms with Gasteiger partial charge in [0.2, 0.25) is 0 Å². The Bertz CT molecular complexity index is 1110. The number of nitrogen functional groups attached to an aromatic ring is 1. The third kappa shape index (κ3) is 3.02. The number of aryl methyl sites for hydroxylation is 2. The fourth-order valence-electron chi connectivity index (χ4n) is 2.71. The lowest BCUT2D eigenvalue weighted by Crippen LogP contribution is -1.91. The zero-order valence-electron chi connectivity index (χ0n) is 14.5. The summed E-state index contributed by atoms with van der Waals surface area (Å²) in [5.74, 6) is 0.354. The van der Waals surface area contributed by atoms with E-state index in [4.69, 9.17) is 5.73 Å². The summed E-state index contributed by atoms with van der Waals surface area (Å²) in [6.07, 6.45) is 7.10. The zero-order chi connectivity index (χ0) is 18.1. The minimum absolute atomic E-state index is 0.354. The molecule has 3 heterocycles. The average molecular weight is 343 g/mol. The molecule has 0 spiro atoms. The standard InChI is InChI=1S/C19H17N7/c1-12-3-4-13-8-22-19(20)18(16(13)7-12)25-24-15-5-6-17(21-10-15)14-9-23-26(2)11-14/h3-11H,1-2H3,(H2,20,22). The number of hydrogen-bond acceptors (Lipinski definition) is 6. The van der Waals surface area contributed by atoms with Gasteiger partial charge in [-0.05, 0) is 25.1 Å². The van der Waals surface area contributed by atoms with E-state index in [0.29, 0.717) is 17.2 Å². The van der Waals surface area contributed by atoms with Gasteiger partial charge >= 0.3 is 0 Å². The van der Waals surface area contributed by atoms with Crippen LogP contribution in [0.3, 0.4) is 0 Å². The molecule has 26 heavy (non-hydrogen) atoms. The molecular formula is C19H17N7. The van der Waals surface area contributed by atoms with E-state index in [1.165, 1.54) is 0 Å². The summed E-state index contributed by atoms with van der Waals surface area (Å²) in [5.41, 5.74) is 10.1. The van der Waals surface area contributed by atoms with Crippen LogP contribution in [0.25, 0.3) is 22.0 Å². The van der Waals surface area contributed by atoms with Crippen molar-refractivity contribution in [2.75, 3.05) is 5.73 Å². The molecule has 4 aromatic rings. The number of azo groups is 1. The van der Waals surface area contributed by atoms with E-state index in [9.17, 15) is 0 Å². The molecule has 7 nitrogen and oxygen atoms in total. The van der Waals surface area contributed by atoms with Gasteiger partial charge < -0.3 is 5.73 Å². The predicted octanol–water partition coefficient (Wildman–Crippen LogP) is 4.34. The Labute approximate surface area is 150 Å². The van der Waals surface area contributed by atoms with Gasteiger partial charge in [-0.2, -0.15) is 5.10 Å². The largest absolute Gasteiger partial charge is 0.382 e. The van der Waals surface area contributed by atoms with Crippen LogP contribution in [0.15, 0.2) is 65.3 Å². The molecule has 1 aromatic carbocycles. The maximum absolute atomic E-state index is 6.01. The van der Waals surface area contributed by atoms with Gasteiger partial charge in [0.1, 0.15) is 11.4 Å². The van der Waals surface area contributed by atoms with Crippen molar-refractivity contribution in [1.29, 1.82) is 0 Å². The molecule has 7 heteroatoms. The summed E-state index contributed by atoms with van der Waals surface area (Å²) in [6.45, 7) is 2.03. The van der Waals surface area contributed by atoms with E-state index in [1.807, 2.05) is 50.5 Å². The molecule has 0 unspecified atom stereocenters. The summed E-state index contributed by atoms with van der Waals surface area (Å²) < 4.78 is 1.74. The van der Waals surface area contributed by atoms with Crippen LogP contribution in [0.4, 0.5) is 17.2 Å². The van der Waals surface area contributed by atoms with Gasteiger partial charge in [-0.3, -0.25) is 9.67 Å². The highest BCUT2D eigenvalue weighted by Crippen LogP contribution is 2.32. The number of pyridine rings is 2. The van der Waals surface area contributed by atoms with E-state index in [1.54, 1.807) is 23.3 Å². The first-order chi connectivity index (χ1) is 12.6. The van der Waals surface area contributed by atoms with E-state index in [-0.39, 0.29) is 0 Å². The molecule has 0 atom stereocenters. The van der Waals surface area contributed by atoms with E-state index in [0.717, 1.165) is 27.6 Å². The summed E-state index contributed by atoms with van der Waals surface area (Å²) >= 11 is 0. The molecule has 0 fully saturated rings. The maximum atomic E-state index is 6.01. The van der Waals surface area contributed by atoms with E-state index in [2.05, 4.69) is 25.3 Å². The molecule has 0 saturated heterocycles. The zero-order valence-corrected chi connectivity index (χ0v) is 14.5. The minimum Gasteiger partial charge on any atom is -0.382 e. The number of anilines is 1. The van der Waals surface area contributed by atoms with E-state index >= 15 is 0 Å². The van der Waals surface area contributed by atoms with Crippen molar-refractivity contribution < 1.29 is 0 Å². The van der Waals surface area contributed by atoms with Crippen LogP contribution < -0.4 is 5.73 Å². The highest BCUT2D eigenvalue weighted by atomic mass is 15.2. The first-order valence-corrected chi connectivity index (χ1v) is 8.12. The van der Waals surface area contributed by atoms with Gasteiger partial charge in [-0.1, -0.05) is 17.7 Å². The molecule has 3 aromatic heterocycles. The van der Waals surface area contributed by atoms with Crippen LogP contribution in [0, 0.1) is 6.92 Å². The lowest BCUT2D eigenvalue weighted by molar-refractivity contribution is 0.768. The molecule has 0 aliphatic rings. The monoisotopic (exact) mass is 343 g/mol. The van der Waals surface area contributed by atoms with Gasteiger partial charge in [0.05, 0.1) is 18.1 Å².